The normalized spacial score (nSPS) is 10.9. The molecule has 1 amide bonds. The topological polar surface area (TPSA) is 87.5 Å². The Balaban J connectivity index is 3.13. The summed E-state index contributed by atoms with van der Waals surface area (Å²) < 4.78 is 1.67. The van der Waals surface area contributed by atoms with Crippen molar-refractivity contribution in [2.45, 2.75) is 20.8 Å². The van der Waals surface area contributed by atoms with E-state index in [0.717, 1.165) is 17.6 Å². The van der Waals surface area contributed by atoms with E-state index >= 15 is 0 Å². The van der Waals surface area contributed by atoms with Gasteiger partial charge >= 0.3 is 5.97 Å². The first-order chi connectivity index (χ1) is 9.90. The Hall–Kier alpha value is -2.31. The fraction of sp³-hybridized carbons (Fsp3) is 0.500. The van der Waals surface area contributed by atoms with Crippen molar-refractivity contribution in [2.75, 3.05) is 24.5 Å². The molecular weight excluding hydrogens is 272 g/mol. The second kappa shape index (κ2) is 7.47. The molecule has 21 heavy (non-hydrogen) atoms. The molecule has 0 saturated carbocycles. The maximum absolute atomic E-state index is 11.8. The zero-order valence-electron chi connectivity index (χ0n) is 12.9. The molecule has 0 radical (unpaired) electrons. The fourth-order valence-electron chi connectivity index (χ4n) is 2.15. The molecule has 2 N–H and O–H groups in total. The third-order valence-electron chi connectivity index (χ3n) is 3.02. The van der Waals surface area contributed by atoms with Crippen LogP contribution >= 0.6 is 0 Å². The first-order valence-electron chi connectivity index (χ1n) is 6.86. The molecule has 7 nitrogen and oxygen atoms in total. The second-order valence-electron chi connectivity index (χ2n) is 4.59. The summed E-state index contributed by atoms with van der Waals surface area (Å²) in [6.07, 6.45) is 2.59. The minimum Gasteiger partial charge on any atom is -0.478 e. The molecule has 0 saturated heterocycles. The monoisotopic (exact) mass is 294 g/mol. The Morgan fingerprint density at radius 1 is 1.43 bits per heavy atom. The number of aliphatic carboxylic acids is 1. The van der Waals surface area contributed by atoms with Crippen LogP contribution in [0.4, 0.5) is 5.82 Å². The molecule has 0 aliphatic rings. The van der Waals surface area contributed by atoms with E-state index in [1.165, 1.54) is 6.08 Å². The summed E-state index contributed by atoms with van der Waals surface area (Å²) >= 11 is 0. The summed E-state index contributed by atoms with van der Waals surface area (Å²) in [6, 6.07) is 0. The number of carboxylic acids is 1. The highest BCUT2D eigenvalue weighted by molar-refractivity contribution is 5.88. The van der Waals surface area contributed by atoms with Gasteiger partial charge in [-0.25, -0.2) is 4.79 Å². The zero-order valence-corrected chi connectivity index (χ0v) is 12.9. The third kappa shape index (κ3) is 4.34. The number of nitrogens with one attached hydrogen (secondary N) is 1. The summed E-state index contributed by atoms with van der Waals surface area (Å²) in [4.78, 5) is 24.4. The number of aryl methyl sites for hydroxylation is 2. The van der Waals surface area contributed by atoms with Crippen molar-refractivity contribution in [1.82, 2.24) is 15.1 Å². The molecule has 1 heterocycles. The van der Waals surface area contributed by atoms with E-state index in [2.05, 4.69) is 10.4 Å². The highest BCUT2D eigenvalue weighted by atomic mass is 16.4. The van der Waals surface area contributed by atoms with Gasteiger partial charge in [0.15, 0.2) is 0 Å². The van der Waals surface area contributed by atoms with Gasteiger partial charge in [0.1, 0.15) is 5.82 Å². The molecule has 1 aromatic rings. The molecule has 7 heteroatoms. The largest absolute Gasteiger partial charge is 0.478 e. The summed E-state index contributed by atoms with van der Waals surface area (Å²) in [5.41, 5.74) is 1.44. The van der Waals surface area contributed by atoms with Gasteiger partial charge in [0.25, 0.3) is 0 Å². The molecule has 0 spiro atoms. The van der Waals surface area contributed by atoms with Crippen LogP contribution in [0.1, 0.15) is 25.1 Å². The molecular formula is C14H22N4O3. The maximum Gasteiger partial charge on any atom is 0.328 e. The number of hydrogen-bond donors (Lipinski definition) is 2. The Bertz CT molecular complexity index is 549. The van der Waals surface area contributed by atoms with Gasteiger partial charge in [0.05, 0.1) is 12.2 Å². The van der Waals surface area contributed by atoms with Crippen LogP contribution in [-0.2, 0) is 16.6 Å². The average molecular weight is 294 g/mol. The van der Waals surface area contributed by atoms with Crippen LogP contribution in [0.25, 0.3) is 6.08 Å². The van der Waals surface area contributed by atoms with Crippen molar-refractivity contribution >= 4 is 23.8 Å². The number of amides is 1. The van der Waals surface area contributed by atoms with E-state index in [9.17, 15) is 9.59 Å². The molecule has 0 unspecified atom stereocenters. The Morgan fingerprint density at radius 2 is 2.10 bits per heavy atom. The van der Waals surface area contributed by atoms with Gasteiger partial charge in [-0.1, -0.05) is 0 Å². The summed E-state index contributed by atoms with van der Waals surface area (Å²) in [5, 5.41) is 15.8. The van der Waals surface area contributed by atoms with E-state index in [0.29, 0.717) is 18.7 Å². The maximum atomic E-state index is 11.8. The first kappa shape index (κ1) is 16.7. The minimum atomic E-state index is -1.02. The van der Waals surface area contributed by atoms with Crippen molar-refractivity contribution in [3.63, 3.8) is 0 Å². The molecule has 0 aromatic carbocycles. The third-order valence-corrected chi connectivity index (χ3v) is 3.02. The molecule has 1 rings (SSSR count). The highest BCUT2D eigenvalue weighted by Gasteiger charge is 2.19. The lowest BCUT2D eigenvalue weighted by Crippen LogP contribution is -2.38. The van der Waals surface area contributed by atoms with E-state index < -0.39 is 5.97 Å². The van der Waals surface area contributed by atoms with Crippen molar-refractivity contribution in [1.29, 1.82) is 0 Å². The molecule has 0 aliphatic carbocycles. The summed E-state index contributed by atoms with van der Waals surface area (Å²) in [5.74, 6) is -0.360. The van der Waals surface area contributed by atoms with Gasteiger partial charge in [-0.2, -0.15) is 5.10 Å². The van der Waals surface area contributed by atoms with E-state index in [-0.39, 0.29) is 12.5 Å². The van der Waals surface area contributed by atoms with Crippen LogP contribution < -0.4 is 10.2 Å². The van der Waals surface area contributed by atoms with Gasteiger partial charge in [-0.15, -0.1) is 0 Å². The molecule has 1 aromatic heterocycles. The molecule has 0 aliphatic heterocycles. The predicted octanol–water partition coefficient (Wildman–Crippen LogP) is 0.789. The van der Waals surface area contributed by atoms with Gasteiger partial charge < -0.3 is 15.3 Å². The van der Waals surface area contributed by atoms with E-state index in [4.69, 9.17) is 5.11 Å². The quantitative estimate of drug-likeness (QED) is 0.726. The Morgan fingerprint density at radius 3 is 2.62 bits per heavy atom. The van der Waals surface area contributed by atoms with Crippen molar-refractivity contribution in [2.24, 2.45) is 7.05 Å². The van der Waals surface area contributed by atoms with E-state index in [1.807, 2.05) is 25.7 Å². The number of carbonyl (C=O) groups excluding carboxylic acids is 1. The fourth-order valence-corrected chi connectivity index (χ4v) is 2.15. The number of anilines is 1. The number of rotatable bonds is 7. The number of carboxylic acid groups (broad SMARTS) is 1. The lowest BCUT2D eigenvalue weighted by atomic mass is 10.2. The van der Waals surface area contributed by atoms with Crippen LogP contribution in [0.3, 0.4) is 0 Å². The SMILES string of the molecule is CCNC(=O)CN(CC)c1c(C=CC(=O)O)c(C)nn1C. The smallest absolute Gasteiger partial charge is 0.328 e. The number of carbonyl (C=O) groups is 2. The van der Waals surface area contributed by atoms with Crippen LogP contribution in [0.5, 0.6) is 0 Å². The second-order valence-corrected chi connectivity index (χ2v) is 4.59. The Kier molecular flexibility index (Phi) is 5.95. The van der Waals surface area contributed by atoms with Gasteiger partial charge in [-0.05, 0) is 26.8 Å². The summed E-state index contributed by atoms with van der Waals surface area (Å²) in [7, 11) is 1.78. The lowest BCUT2D eigenvalue weighted by molar-refractivity contribution is -0.131. The van der Waals surface area contributed by atoms with Crippen molar-refractivity contribution in [3.05, 3.63) is 17.3 Å². The lowest BCUT2D eigenvalue weighted by Gasteiger charge is -2.23. The molecule has 116 valence electrons. The number of aromatic nitrogens is 2. The molecule has 0 bridgehead atoms. The van der Waals surface area contributed by atoms with Crippen molar-refractivity contribution < 1.29 is 14.7 Å². The molecule has 0 atom stereocenters. The highest BCUT2D eigenvalue weighted by Crippen LogP contribution is 2.24. The van der Waals surface area contributed by atoms with Gasteiger partial charge in [-0.3, -0.25) is 9.48 Å². The Labute approximate surface area is 124 Å². The summed E-state index contributed by atoms with van der Waals surface area (Å²) in [6.45, 7) is 7.01. The standard InChI is InChI=1S/C14H22N4O3/c1-5-15-12(19)9-18(6-2)14-11(7-8-13(20)21)10(3)16-17(14)4/h7-8H,5-6,9H2,1-4H3,(H,15,19)(H,20,21). The number of hydrogen-bond acceptors (Lipinski definition) is 4. The number of likely N-dealkylation sites (N-methyl/N-ethyl adjacent to an activating group) is 2. The van der Waals surface area contributed by atoms with Crippen LogP contribution in [0.2, 0.25) is 0 Å². The minimum absolute atomic E-state index is 0.0774. The van der Waals surface area contributed by atoms with Gasteiger partial charge in [0, 0.05) is 31.8 Å². The van der Waals surface area contributed by atoms with Crippen molar-refractivity contribution in [3.8, 4) is 0 Å². The van der Waals surface area contributed by atoms with E-state index in [1.54, 1.807) is 11.7 Å². The van der Waals surface area contributed by atoms with Crippen LogP contribution in [0.15, 0.2) is 6.08 Å². The first-order valence-corrected chi connectivity index (χ1v) is 6.86. The zero-order chi connectivity index (χ0) is 16.0. The predicted molar refractivity (Wildman–Crippen MR) is 81.2 cm³/mol. The average Bonchev–Trinajstić information content (AvgIpc) is 2.68. The number of nitrogens with zero attached hydrogens (tertiary/aromatic N) is 3. The van der Waals surface area contributed by atoms with Crippen LogP contribution in [0, 0.1) is 6.92 Å². The van der Waals surface area contributed by atoms with Gasteiger partial charge in [0.2, 0.25) is 5.91 Å². The molecule has 0 fully saturated rings. The van der Waals surface area contributed by atoms with Crippen LogP contribution in [-0.4, -0.2) is 46.4 Å².